The maximum atomic E-state index is 6.07. The van der Waals surface area contributed by atoms with Crippen molar-refractivity contribution < 1.29 is 4.74 Å². The van der Waals surface area contributed by atoms with Crippen molar-refractivity contribution in [1.29, 1.82) is 0 Å². The first-order chi connectivity index (χ1) is 9.08. The minimum absolute atomic E-state index is 0.528. The van der Waals surface area contributed by atoms with Crippen LogP contribution in [0.3, 0.4) is 0 Å². The zero-order chi connectivity index (χ0) is 13.8. The third-order valence-corrected chi connectivity index (χ3v) is 4.03. The molecule has 2 unspecified atom stereocenters. The summed E-state index contributed by atoms with van der Waals surface area (Å²) in [5.74, 6) is 0.585. The molecule has 0 aliphatic carbocycles. The van der Waals surface area contributed by atoms with Gasteiger partial charge in [0.25, 0.3) is 0 Å². The Balaban J connectivity index is 1.86. The number of hydrogen-bond acceptors (Lipinski definition) is 3. The zero-order valence-corrected chi connectivity index (χ0v) is 12.8. The van der Waals surface area contributed by atoms with Crippen molar-refractivity contribution in [2.75, 3.05) is 26.2 Å². The quantitative estimate of drug-likeness (QED) is 0.925. The Morgan fingerprint density at radius 2 is 2.00 bits per heavy atom. The minimum atomic E-state index is 0.528. The minimum Gasteiger partial charge on any atom is -0.489 e. The summed E-state index contributed by atoms with van der Waals surface area (Å²) in [5, 5.41) is 4.59. The monoisotopic (exact) mass is 302 g/mol. The predicted octanol–water partition coefficient (Wildman–Crippen LogP) is 3.05. The zero-order valence-electron chi connectivity index (χ0n) is 11.3. The number of rotatable bonds is 4. The van der Waals surface area contributed by atoms with Gasteiger partial charge in [-0.25, -0.2) is 0 Å². The summed E-state index contributed by atoms with van der Waals surface area (Å²) in [7, 11) is 0. The molecular formula is C14H20Cl2N2O. The SMILES string of the molecule is CC1CN(CCOc2c(Cl)cccc2Cl)C(C)CN1. The van der Waals surface area contributed by atoms with Gasteiger partial charge >= 0.3 is 0 Å². The van der Waals surface area contributed by atoms with Gasteiger partial charge in [0.15, 0.2) is 5.75 Å². The molecule has 1 heterocycles. The fourth-order valence-corrected chi connectivity index (χ4v) is 2.80. The van der Waals surface area contributed by atoms with Gasteiger partial charge in [-0.3, -0.25) is 4.90 Å². The third kappa shape index (κ3) is 3.99. The van der Waals surface area contributed by atoms with Crippen molar-refractivity contribution in [3.8, 4) is 5.75 Å². The number of ether oxygens (including phenoxy) is 1. The summed E-state index contributed by atoms with van der Waals surface area (Å²) >= 11 is 12.1. The molecule has 106 valence electrons. The van der Waals surface area contributed by atoms with Gasteiger partial charge in [0.1, 0.15) is 6.61 Å². The lowest BCUT2D eigenvalue weighted by Gasteiger charge is -2.37. The van der Waals surface area contributed by atoms with Crippen LogP contribution in [0.1, 0.15) is 13.8 Å². The smallest absolute Gasteiger partial charge is 0.156 e. The lowest BCUT2D eigenvalue weighted by molar-refractivity contribution is 0.123. The Hall–Kier alpha value is -0.480. The van der Waals surface area contributed by atoms with Crippen LogP contribution in [0.5, 0.6) is 5.75 Å². The lowest BCUT2D eigenvalue weighted by atomic mass is 10.1. The summed E-state index contributed by atoms with van der Waals surface area (Å²) in [6, 6.07) is 6.45. The number of nitrogens with one attached hydrogen (secondary N) is 1. The summed E-state index contributed by atoms with van der Waals surface area (Å²) in [6.07, 6.45) is 0. The molecule has 1 saturated heterocycles. The molecule has 0 spiro atoms. The molecule has 0 saturated carbocycles. The number of para-hydroxylation sites is 1. The van der Waals surface area contributed by atoms with Crippen LogP contribution < -0.4 is 10.1 Å². The van der Waals surface area contributed by atoms with E-state index in [-0.39, 0.29) is 0 Å². The fraction of sp³-hybridized carbons (Fsp3) is 0.571. The Kier molecular flexibility index (Phi) is 5.34. The van der Waals surface area contributed by atoms with Crippen LogP contribution in [0, 0.1) is 0 Å². The van der Waals surface area contributed by atoms with Gasteiger partial charge in [-0.2, -0.15) is 0 Å². The van der Waals surface area contributed by atoms with Gasteiger partial charge in [0, 0.05) is 31.7 Å². The van der Waals surface area contributed by atoms with Crippen LogP contribution in [0.15, 0.2) is 18.2 Å². The second-order valence-corrected chi connectivity index (χ2v) is 5.87. The van der Waals surface area contributed by atoms with Crippen LogP contribution >= 0.6 is 23.2 Å². The average molecular weight is 303 g/mol. The summed E-state index contributed by atoms with van der Waals surface area (Å²) < 4.78 is 5.73. The molecule has 0 bridgehead atoms. The number of hydrogen-bond donors (Lipinski definition) is 1. The lowest BCUT2D eigenvalue weighted by Crippen LogP contribution is -2.55. The largest absolute Gasteiger partial charge is 0.489 e. The van der Waals surface area contributed by atoms with E-state index in [2.05, 4.69) is 24.1 Å². The highest BCUT2D eigenvalue weighted by Crippen LogP contribution is 2.32. The molecule has 1 aromatic carbocycles. The van der Waals surface area contributed by atoms with Crippen LogP contribution in [0.25, 0.3) is 0 Å². The van der Waals surface area contributed by atoms with Crippen molar-refractivity contribution in [1.82, 2.24) is 10.2 Å². The van der Waals surface area contributed by atoms with Gasteiger partial charge in [0.2, 0.25) is 0 Å². The van der Waals surface area contributed by atoms with Crippen molar-refractivity contribution in [2.24, 2.45) is 0 Å². The predicted molar refractivity (Wildman–Crippen MR) is 80.5 cm³/mol. The molecule has 1 aromatic rings. The van der Waals surface area contributed by atoms with E-state index in [0.29, 0.717) is 34.5 Å². The van der Waals surface area contributed by atoms with Crippen molar-refractivity contribution in [3.63, 3.8) is 0 Å². The second-order valence-electron chi connectivity index (χ2n) is 5.05. The maximum Gasteiger partial charge on any atom is 0.156 e. The Labute approximate surface area is 124 Å². The topological polar surface area (TPSA) is 24.5 Å². The molecular weight excluding hydrogens is 283 g/mol. The van der Waals surface area contributed by atoms with Crippen molar-refractivity contribution >= 4 is 23.2 Å². The van der Waals surface area contributed by atoms with E-state index in [9.17, 15) is 0 Å². The summed E-state index contributed by atoms with van der Waals surface area (Å²) in [5.41, 5.74) is 0. The van der Waals surface area contributed by atoms with E-state index >= 15 is 0 Å². The molecule has 19 heavy (non-hydrogen) atoms. The van der Waals surface area contributed by atoms with E-state index in [0.717, 1.165) is 19.6 Å². The Morgan fingerprint density at radius 3 is 2.68 bits per heavy atom. The molecule has 0 aromatic heterocycles. The average Bonchev–Trinajstić information content (AvgIpc) is 2.37. The standard InChI is InChI=1S/C14H20Cl2N2O/c1-10-9-18(11(2)8-17-10)6-7-19-14-12(15)4-3-5-13(14)16/h3-5,10-11,17H,6-9H2,1-2H3. The van der Waals surface area contributed by atoms with Gasteiger partial charge < -0.3 is 10.1 Å². The van der Waals surface area contributed by atoms with E-state index in [1.165, 1.54) is 0 Å². The summed E-state index contributed by atoms with van der Waals surface area (Å²) in [4.78, 5) is 2.42. The van der Waals surface area contributed by atoms with Crippen molar-refractivity contribution in [2.45, 2.75) is 25.9 Å². The highest BCUT2D eigenvalue weighted by atomic mass is 35.5. The second kappa shape index (κ2) is 6.80. The van der Waals surface area contributed by atoms with Gasteiger partial charge in [-0.05, 0) is 26.0 Å². The molecule has 2 atom stereocenters. The Morgan fingerprint density at radius 1 is 1.32 bits per heavy atom. The van der Waals surface area contributed by atoms with E-state index in [1.807, 2.05) is 6.07 Å². The van der Waals surface area contributed by atoms with Crippen LogP contribution in [0.4, 0.5) is 0 Å². The van der Waals surface area contributed by atoms with Crippen LogP contribution in [-0.4, -0.2) is 43.2 Å². The molecule has 1 aliphatic heterocycles. The fourth-order valence-electron chi connectivity index (χ4n) is 2.29. The molecule has 3 nitrogen and oxygen atoms in total. The normalized spacial score (nSPS) is 24.4. The Bertz CT molecular complexity index is 408. The number of piperazine rings is 1. The maximum absolute atomic E-state index is 6.07. The van der Waals surface area contributed by atoms with E-state index < -0.39 is 0 Å². The van der Waals surface area contributed by atoms with Gasteiger partial charge in [-0.1, -0.05) is 29.3 Å². The molecule has 2 rings (SSSR count). The molecule has 0 radical (unpaired) electrons. The molecule has 0 amide bonds. The first-order valence-corrected chi connectivity index (χ1v) is 7.37. The summed E-state index contributed by atoms with van der Waals surface area (Å²) in [6.45, 7) is 7.97. The van der Waals surface area contributed by atoms with Crippen LogP contribution in [0.2, 0.25) is 10.0 Å². The number of benzene rings is 1. The van der Waals surface area contributed by atoms with Crippen LogP contribution in [-0.2, 0) is 0 Å². The highest BCUT2D eigenvalue weighted by molar-refractivity contribution is 6.37. The first kappa shape index (κ1) is 14.9. The molecule has 1 aliphatic rings. The molecule has 1 N–H and O–H groups in total. The first-order valence-electron chi connectivity index (χ1n) is 6.62. The number of halogens is 2. The van der Waals surface area contributed by atoms with Gasteiger partial charge in [-0.15, -0.1) is 0 Å². The highest BCUT2D eigenvalue weighted by Gasteiger charge is 2.21. The van der Waals surface area contributed by atoms with Gasteiger partial charge in [0.05, 0.1) is 10.0 Å². The van der Waals surface area contributed by atoms with E-state index in [4.69, 9.17) is 27.9 Å². The molecule has 1 fully saturated rings. The van der Waals surface area contributed by atoms with E-state index in [1.54, 1.807) is 12.1 Å². The third-order valence-electron chi connectivity index (χ3n) is 3.44. The molecule has 5 heteroatoms. The van der Waals surface area contributed by atoms with Crippen molar-refractivity contribution in [3.05, 3.63) is 28.2 Å². The number of nitrogens with zero attached hydrogens (tertiary/aromatic N) is 1.